The van der Waals surface area contributed by atoms with E-state index in [4.69, 9.17) is 10.2 Å². The number of anilines is 2. The van der Waals surface area contributed by atoms with Crippen molar-refractivity contribution in [1.82, 2.24) is 4.98 Å². The molecule has 0 bridgehead atoms. The Balaban J connectivity index is 2.04. The Morgan fingerprint density at radius 1 is 1.38 bits per heavy atom. The van der Waals surface area contributed by atoms with Crippen molar-refractivity contribution in [2.75, 3.05) is 11.1 Å². The Bertz CT molecular complexity index is 647. The molecule has 1 aromatic carbocycles. The van der Waals surface area contributed by atoms with E-state index in [1.807, 2.05) is 39.8 Å². The SMILES string of the molecule is Cc1ccc(N)cc1NC(=O)C(C)Sc1nc(C)c(C)o1. The molecule has 6 heteroatoms. The van der Waals surface area contributed by atoms with Crippen LogP contribution in [0, 0.1) is 20.8 Å². The third-order valence-corrected chi connectivity index (χ3v) is 4.12. The molecule has 3 N–H and O–H groups in total. The van der Waals surface area contributed by atoms with Gasteiger partial charge in [0.1, 0.15) is 5.76 Å². The van der Waals surface area contributed by atoms with Gasteiger partial charge in [-0.05, 0) is 45.4 Å². The lowest BCUT2D eigenvalue weighted by molar-refractivity contribution is -0.115. The molecule has 1 heterocycles. The number of thioether (sulfide) groups is 1. The standard InChI is InChI=1S/C15H19N3O2S/c1-8-5-6-12(16)7-13(8)18-14(19)11(4)21-15-17-9(2)10(3)20-15/h5-7,11H,16H2,1-4H3,(H,18,19). The summed E-state index contributed by atoms with van der Waals surface area (Å²) < 4.78 is 5.48. The number of carbonyl (C=O) groups is 1. The van der Waals surface area contributed by atoms with Crippen molar-refractivity contribution in [1.29, 1.82) is 0 Å². The highest BCUT2D eigenvalue weighted by Gasteiger charge is 2.18. The van der Waals surface area contributed by atoms with Gasteiger partial charge < -0.3 is 15.5 Å². The highest BCUT2D eigenvalue weighted by Crippen LogP contribution is 2.26. The predicted molar refractivity (Wildman–Crippen MR) is 85.5 cm³/mol. The maximum atomic E-state index is 12.2. The van der Waals surface area contributed by atoms with E-state index >= 15 is 0 Å². The topological polar surface area (TPSA) is 81.1 Å². The van der Waals surface area contributed by atoms with Crippen LogP contribution in [0.5, 0.6) is 0 Å². The maximum absolute atomic E-state index is 12.2. The fourth-order valence-electron chi connectivity index (χ4n) is 1.71. The minimum Gasteiger partial charge on any atom is -0.437 e. The van der Waals surface area contributed by atoms with Crippen LogP contribution in [0.2, 0.25) is 0 Å². The zero-order valence-corrected chi connectivity index (χ0v) is 13.4. The molecule has 2 rings (SSSR count). The molecule has 1 atom stereocenters. The number of benzene rings is 1. The summed E-state index contributed by atoms with van der Waals surface area (Å²) >= 11 is 1.29. The van der Waals surface area contributed by atoms with Crippen LogP contribution in [0.3, 0.4) is 0 Å². The molecule has 1 aromatic heterocycles. The summed E-state index contributed by atoms with van der Waals surface area (Å²) in [6.45, 7) is 7.47. The predicted octanol–water partition coefficient (Wildman–Crippen LogP) is 3.30. The summed E-state index contributed by atoms with van der Waals surface area (Å²) in [4.78, 5) is 16.5. The second kappa shape index (κ2) is 6.22. The van der Waals surface area contributed by atoms with Gasteiger partial charge in [0.05, 0.1) is 10.9 Å². The van der Waals surface area contributed by atoms with E-state index in [2.05, 4.69) is 10.3 Å². The molecule has 1 amide bonds. The fraction of sp³-hybridized carbons (Fsp3) is 0.333. The van der Waals surface area contributed by atoms with Crippen molar-refractivity contribution in [2.45, 2.75) is 38.2 Å². The van der Waals surface area contributed by atoms with Gasteiger partial charge in [0.25, 0.3) is 5.22 Å². The maximum Gasteiger partial charge on any atom is 0.256 e. The third kappa shape index (κ3) is 3.78. The van der Waals surface area contributed by atoms with Crippen LogP contribution in [0.15, 0.2) is 27.8 Å². The van der Waals surface area contributed by atoms with Gasteiger partial charge in [0.2, 0.25) is 5.91 Å². The number of carbonyl (C=O) groups excluding carboxylic acids is 1. The van der Waals surface area contributed by atoms with E-state index in [1.165, 1.54) is 11.8 Å². The molecule has 0 radical (unpaired) electrons. The minimum atomic E-state index is -0.316. The second-order valence-electron chi connectivity index (χ2n) is 4.95. The van der Waals surface area contributed by atoms with Gasteiger partial charge in [-0.25, -0.2) is 4.98 Å². The lowest BCUT2D eigenvalue weighted by atomic mass is 10.2. The summed E-state index contributed by atoms with van der Waals surface area (Å²) in [5.74, 6) is 0.666. The van der Waals surface area contributed by atoms with Gasteiger partial charge in [0, 0.05) is 11.4 Å². The molecule has 112 valence electrons. The molecule has 0 spiro atoms. The van der Waals surface area contributed by atoms with Gasteiger partial charge in [-0.3, -0.25) is 4.79 Å². The highest BCUT2D eigenvalue weighted by molar-refractivity contribution is 8.00. The molecular weight excluding hydrogens is 286 g/mol. The van der Waals surface area contributed by atoms with Crippen LogP contribution < -0.4 is 11.1 Å². The van der Waals surface area contributed by atoms with Crippen molar-refractivity contribution >= 4 is 29.0 Å². The summed E-state index contributed by atoms with van der Waals surface area (Å²) in [7, 11) is 0. The Hall–Kier alpha value is -1.95. The van der Waals surface area contributed by atoms with Crippen molar-refractivity contribution in [3.8, 4) is 0 Å². The first-order valence-corrected chi connectivity index (χ1v) is 7.52. The largest absolute Gasteiger partial charge is 0.437 e. The third-order valence-electron chi connectivity index (χ3n) is 3.18. The molecule has 0 aliphatic carbocycles. The molecule has 0 fully saturated rings. The molecule has 0 aliphatic heterocycles. The lowest BCUT2D eigenvalue weighted by Crippen LogP contribution is -2.22. The summed E-state index contributed by atoms with van der Waals surface area (Å²) in [5, 5.41) is 3.08. The van der Waals surface area contributed by atoms with Crippen molar-refractivity contribution in [3.05, 3.63) is 35.2 Å². The zero-order chi connectivity index (χ0) is 15.6. The lowest BCUT2D eigenvalue weighted by Gasteiger charge is -2.12. The monoisotopic (exact) mass is 305 g/mol. The number of nitrogen functional groups attached to an aromatic ring is 1. The Labute approximate surface area is 128 Å². The Kier molecular flexibility index (Phi) is 4.57. The van der Waals surface area contributed by atoms with Crippen molar-refractivity contribution in [3.63, 3.8) is 0 Å². The van der Waals surface area contributed by atoms with Crippen molar-refractivity contribution in [2.24, 2.45) is 0 Å². The normalized spacial score (nSPS) is 12.2. The molecule has 1 unspecified atom stereocenters. The van der Waals surface area contributed by atoms with Crippen LogP contribution >= 0.6 is 11.8 Å². The quantitative estimate of drug-likeness (QED) is 0.669. The molecule has 2 aromatic rings. The van der Waals surface area contributed by atoms with E-state index in [1.54, 1.807) is 6.07 Å². The summed E-state index contributed by atoms with van der Waals surface area (Å²) in [5.41, 5.74) is 8.90. The number of oxazole rings is 1. The van der Waals surface area contributed by atoms with E-state index < -0.39 is 0 Å². The molecule has 21 heavy (non-hydrogen) atoms. The average molecular weight is 305 g/mol. The van der Waals surface area contributed by atoms with Gasteiger partial charge in [-0.1, -0.05) is 17.8 Å². The zero-order valence-electron chi connectivity index (χ0n) is 12.6. The molecular formula is C15H19N3O2S. The molecule has 0 aliphatic rings. The van der Waals surface area contributed by atoms with Gasteiger partial charge in [0.15, 0.2) is 0 Å². The number of aryl methyl sites for hydroxylation is 3. The fourth-order valence-corrected chi connectivity index (χ4v) is 2.54. The highest BCUT2D eigenvalue weighted by atomic mass is 32.2. The van der Waals surface area contributed by atoms with Crippen LogP contribution in [-0.4, -0.2) is 16.1 Å². The first-order valence-electron chi connectivity index (χ1n) is 6.64. The van der Waals surface area contributed by atoms with Crippen LogP contribution in [0.4, 0.5) is 11.4 Å². The van der Waals surface area contributed by atoms with Crippen molar-refractivity contribution < 1.29 is 9.21 Å². The number of amides is 1. The number of nitrogens with one attached hydrogen (secondary N) is 1. The molecule has 0 saturated heterocycles. The van der Waals surface area contributed by atoms with Gasteiger partial charge in [-0.2, -0.15) is 0 Å². The number of hydrogen-bond acceptors (Lipinski definition) is 5. The van der Waals surface area contributed by atoms with E-state index in [0.717, 1.165) is 22.7 Å². The van der Waals surface area contributed by atoms with E-state index in [0.29, 0.717) is 10.9 Å². The number of hydrogen-bond donors (Lipinski definition) is 2. The smallest absolute Gasteiger partial charge is 0.256 e. The van der Waals surface area contributed by atoms with Gasteiger partial charge >= 0.3 is 0 Å². The average Bonchev–Trinajstić information content (AvgIpc) is 2.72. The summed E-state index contributed by atoms with van der Waals surface area (Å²) in [6, 6.07) is 5.44. The first-order chi connectivity index (χ1) is 9.86. The molecule has 5 nitrogen and oxygen atoms in total. The Morgan fingerprint density at radius 2 is 2.10 bits per heavy atom. The Morgan fingerprint density at radius 3 is 2.71 bits per heavy atom. The summed E-state index contributed by atoms with van der Waals surface area (Å²) in [6.07, 6.45) is 0. The van der Waals surface area contributed by atoms with Crippen LogP contribution in [-0.2, 0) is 4.79 Å². The number of nitrogens with zero attached hydrogens (tertiary/aromatic N) is 1. The second-order valence-corrected chi connectivity index (χ2v) is 6.24. The molecule has 0 saturated carbocycles. The minimum absolute atomic E-state index is 0.109. The van der Waals surface area contributed by atoms with Gasteiger partial charge in [-0.15, -0.1) is 0 Å². The van der Waals surface area contributed by atoms with Crippen LogP contribution in [0.25, 0.3) is 0 Å². The first kappa shape index (κ1) is 15.4. The number of nitrogens with two attached hydrogens (primary N) is 1. The van der Waals surface area contributed by atoms with E-state index in [9.17, 15) is 4.79 Å². The van der Waals surface area contributed by atoms with E-state index in [-0.39, 0.29) is 11.2 Å². The number of aromatic nitrogens is 1. The van der Waals surface area contributed by atoms with Crippen LogP contribution in [0.1, 0.15) is 23.9 Å². The number of rotatable bonds is 4.